The molecule has 4 rings (SSSR count). The molecule has 1 aromatic heterocycles. The van der Waals surface area contributed by atoms with E-state index >= 15 is 0 Å². The van der Waals surface area contributed by atoms with Gasteiger partial charge in [0.25, 0.3) is 0 Å². The number of carbonyl (C=O) groups is 5. The van der Waals surface area contributed by atoms with Gasteiger partial charge in [0.1, 0.15) is 25.0 Å². The van der Waals surface area contributed by atoms with Gasteiger partial charge in [0, 0.05) is 32.1 Å². The lowest BCUT2D eigenvalue weighted by atomic mass is 9.84. The van der Waals surface area contributed by atoms with Gasteiger partial charge in [-0.25, -0.2) is 4.79 Å². The lowest BCUT2D eigenvalue weighted by Gasteiger charge is -2.28. The Bertz CT molecular complexity index is 1280. The zero-order chi connectivity index (χ0) is 32.6. The van der Waals surface area contributed by atoms with Gasteiger partial charge in [-0.05, 0) is 37.2 Å². The molecule has 3 unspecified atom stereocenters. The maximum atomic E-state index is 13.8. The zero-order valence-electron chi connectivity index (χ0n) is 26.5. The number of aryl methyl sites for hydroxylation is 1. The Morgan fingerprint density at radius 3 is 2.50 bits per heavy atom. The molecule has 0 spiro atoms. The molecule has 13 nitrogen and oxygen atoms in total. The summed E-state index contributed by atoms with van der Waals surface area (Å²) >= 11 is 0. The van der Waals surface area contributed by atoms with E-state index in [1.807, 2.05) is 30.3 Å². The van der Waals surface area contributed by atoms with Crippen LogP contribution in [0.3, 0.4) is 0 Å². The molecule has 2 bridgehead atoms. The average molecular weight is 638 g/mol. The van der Waals surface area contributed by atoms with Crippen molar-refractivity contribution in [2.24, 2.45) is 5.92 Å². The summed E-state index contributed by atoms with van der Waals surface area (Å²) in [5, 5.41) is 19.6. The van der Waals surface area contributed by atoms with Crippen molar-refractivity contribution >= 4 is 30.1 Å². The maximum Gasteiger partial charge on any atom is 0.408 e. The highest BCUT2D eigenvalue weighted by Gasteiger charge is 2.31. The summed E-state index contributed by atoms with van der Waals surface area (Å²) in [6.45, 7) is 1.20. The number of amides is 4. The van der Waals surface area contributed by atoms with Crippen molar-refractivity contribution in [1.82, 2.24) is 36.3 Å². The molecule has 2 heterocycles. The fraction of sp³-hybridized carbons (Fsp3) is 0.606. The van der Waals surface area contributed by atoms with Crippen LogP contribution in [0.15, 0.2) is 36.5 Å². The number of carbonyl (C=O) groups excluding carboxylic acids is 5. The lowest BCUT2D eigenvalue weighted by molar-refractivity contribution is -0.131. The molecule has 2 aromatic rings. The third-order valence-corrected chi connectivity index (χ3v) is 8.56. The van der Waals surface area contributed by atoms with Crippen LogP contribution in [-0.4, -0.2) is 69.8 Å². The summed E-state index contributed by atoms with van der Waals surface area (Å²) in [6, 6.07) is 6.27. The van der Waals surface area contributed by atoms with Gasteiger partial charge in [-0.1, -0.05) is 80.5 Å². The SMILES string of the molecule is O=CC1CCC(=O)NCCCCCCn2cc(nn2)CC(NC(=O)OCc2ccccc2)C(=O)NC(CC2CCCCC2)C(=O)N1. The van der Waals surface area contributed by atoms with E-state index in [1.54, 1.807) is 10.9 Å². The third-order valence-electron chi connectivity index (χ3n) is 8.56. The molecule has 1 aliphatic carbocycles. The van der Waals surface area contributed by atoms with E-state index in [0.29, 0.717) is 31.5 Å². The number of hydrogen-bond donors (Lipinski definition) is 4. The van der Waals surface area contributed by atoms with E-state index in [0.717, 1.165) is 63.4 Å². The van der Waals surface area contributed by atoms with Gasteiger partial charge >= 0.3 is 6.09 Å². The van der Waals surface area contributed by atoms with Gasteiger partial charge in [-0.15, -0.1) is 5.10 Å². The Morgan fingerprint density at radius 2 is 1.72 bits per heavy atom. The summed E-state index contributed by atoms with van der Waals surface area (Å²) in [7, 11) is 0. The second-order valence-corrected chi connectivity index (χ2v) is 12.3. The highest BCUT2D eigenvalue weighted by Crippen LogP contribution is 2.27. The number of ether oxygens (including phenoxy) is 1. The molecule has 1 aromatic carbocycles. The fourth-order valence-electron chi connectivity index (χ4n) is 5.94. The Kier molecular flexibility index (Phi) is 14.0. The molecule has 13 heteroatoms. The van der Waals surface area contributed by atoms with Crippen LogP contribution in [-0.2, 0) is 43.5 Å². The number of fused-ring (bicyclic) bond motifs is 2. The highest BCUT2D eigenvalue weighted by molar-refractivity contribution is 5.92. The van der Waals surface area contributed by atoms with Gasteiger partial charge in [0.15, 0.2) is 0 Å². The van der Waals surface area contributed by atoms with Crippen molar-refractivity contribution in [2.75, 3.05) is 6.54 Å². The van der Waals surface area contributed by atoms with Crippen LogP contribution < -0.4 is 21.3 Å². The summed E-state index contributed by atoms with van der Waals surface area (Å²) < 4.78 is 7.11. The van der Waals surface area contributed by atoms with E-state index in [-0.39, 0.29) is 37.7 Å². The molecular formula is C33H47N7O6. The second kappa shape index (κ2) is 18.6. The molecule has 0 radical (unpaired) electrons. The first-order valence-electron chi connectivity index (χ1n) is 16.6. The van der Waals surface area contributed by atoms with Crippen LogP contribution >= 0.6 is 0 Å². The van der Waals surface area contributed by atoms with Crippen LogP contribution in [0.2, 0.25) is 0 Å². The van der Waals surface area contributed by atoms with Crippen LogP contribution in [0, 0.1) is 5.92 Å². The van der Waals surface area contributed by atoms with Gasteiger partial charge < -0.3 is 30.8 Å². The largest absolute Gasteiger partial charge is 0.445 e. The Labute approximate surface area is 270 Å². The number of alkyl carbamates (subject to hydrolysis) is 1. The highest BCUT2D eigenvalue weighted by atomic mass is 16.5. The Balaban J connectivity index is 1.52. The zero-order valence-corrected chi connectivity index (χ0v) is 26.5. The smallest absolute Gasteiger partial charge is 0.408 e. The van der Waals surface area contributed by atoms with E-state index in [2.05, 4.69) is 31.6 Å². The van der Waals surface area contributed by atoms with E-state index in [9.17, 15) is 24.0 Å². The molecule has 1 fully saturated rings. The van der Waals surface area contributed by atoms with Crippen molar-refractivity contribution in [2.45, 2.75) is 115 Å². The number of rotatable bonds is 6. The van der Waals surface area contributed by atoms with Crippen molar-refractivity contribution in [1.29, 1.82) is 0 Å². The molecule has 0 saturated heterocycles. The van der Waals surface area contributed by atoms with Crippen molar-refractivity contribution in [3.63, 3.8) is 0 Å². The normalized spacial score (nSPS) is 23.1. The summed E-state index contributed by atoms with van der Waals surface area (Å²) in [4.78, 5) is 64.5. The minimum atomic E-state index is -1.10. The summed E-state index contributed by atoms with van der Waals surface area (Å²) in [5.74, 6) is -1.03. The molecule has 3 atom stereocenters. The van der Waals surface area contributed by atoms with E-state index < -0.39 is 36.0 Å². The molecule has 1 saturated carbocycles. The summed E-state index contributed by atoms with van der Waals surface area (Å²) in [5.41, 5.74) is 1.30. The molecule has 1 aliphatic heterocycles. The predicted octanol–water partition coefficient (Wildman–Crippen LogP) is 2.72. The van der Waals surface area contributed by atoms with E-state index in [1.165, 1.54) is 0 Å². The first kappa shape index (κ1) is 34.6. The van der Waals surface area contributed by atoms with Gasteiger partial charge in [0.05, 0.1) is 11.7 Å². The molecular weight excluding hydrogens is 590 g/mol. The molecule has 46 heavy (non-hydrogen) atoms. The lowest BCUT2D eigenvalue weighted by Crippen LogP contribution is -2.56. The topological polar surface area (TPSA) is 173 Å². The molecule has 2 aliphatic rings. The maximum absolute atomic E-state index is 13.8. The number of hydrogen-bond acceptors (Lipinski definition) is 8. The molecule has 4 N–H and O–H groups in total. The second-order valence-electron chi connectivity index (χ2n) is 12.3. The van der Waals surface area contributed by atoms with Crippen LogP contribution in [0.25, 0.3) is 0 Å². The first-order chi connectivity index (χ1) is 22.4. The van der Waals surface area contributed by atoms with Gasteiger partial charge in [-0.2, -0.15) is 0 Å². The van der Waals surface area contributed by atoms with Crippen molar-refractivity contribution in [3.05, 3.63) is 47.8 Å². The number of nitrogens with zero attached hydrogens (tertiary/aromatic N) is 3. The third kappa shape index (κ3) is 11.9. The quantitative estimate of drug-likeness (QED) is 0.350. The van der Waals surface area contributed by atoms with Crippen LogP contribution in [0.4, 0.5) is 4.79 Å². The number of aromatic nitrogens is 3. The van der Waals surface area contributed by atoms with Gasteiger partial charge in [0.2, 0.25) is 17.7 Å². The van der Waals surface area contributed by atoms with Crippen molar-refractivity contribution in [3.8, 4) is 0 Å². The Morgan fingerprint density at radius 1 is 0.957 bits per heavy atom. The Hall–Kier alpha value is -4.29. The first-order valence-corrected chi connectivity index (χ1v) is 16.6. The summed E-state index contributed by atoms with van der Waals surface area (Å²) in [6.07, 6.45) is 10.9. The predicted molar refractivity (Wildman–Crippen MR) is 169 cm³/mol. The average Bonchev–Trinajstić information content (AvgIpc) is 3.52. The van der Waals surface area contributed by atoms with Crippen LogP contribution in [0.1, 0.15) is 88.3 Å². The van der Waals surface area contributed by atoms with Crippen molar-refractivity contribution < 1.29 is 28.7 Å². The molecule has 250 valence electrons. The number of aldehydes is 1. The van der Waals surface area contributed by atoms with E-state index in [4.69, 9.17) is 4.74 Å². The fourth-order valence-corrected chi connectivity index (χ4v) is 5.94. The van der Waals surface area contributed by atoms with Crippen LogP contribution in [0.5, 0.6) is 0 Å². The monoisotopic (exact) mass is 637 g/mol. The minimum Gasteiger partial charge on any atom is -0.445 e. The number of benzene rings is 1. The van der Waals surface area contributed by atoms with Gasteiger partial charge in [-0.3, -0.25) is 19.1 Å². The molecule has 4 amide bonds. The standard InChI is InChI=1S/C33H47N7O6/c41-22-26-15-16-30(42)34-17-9-1-2-10-18-40-21-27(38-39-40)20-29(37-33(45)46-23-25-13-7-4-8-14-25)32(44)36-28(31(43)35-26)19-24-11-5-3-6-12-24/h4,7-8,13-14,21-22,24,26,28-29H,1-3,5-6,9-12,15-20,23H2,(H,34,42)(H,35,43)(H,36,44)(H,37,45). The number of nitrogens with one attached hydrogen (secondary N) is 4. The minimum absolute atomic E-state index is 0.0228.